The van der Waals surface area contributed by atoms with E-state index in [4.69, 9.17) is 23.2 Å². The summed E-state index contributed by atoms with van der Waals surface area (Å²) in [6.07, 6.45) is 1.82. The van der Waals surface area contributed by atoms with Crippen molar-refractivity contribution in [2.75, 3.05) is 13.1 Å². The molecule has 3 nitrogen and oxygen atoms in total. The number of nitrogens with zero attached hydrogens (tertiary/aromatic N) is 1. The third-order valence-electron chi connectivity index (χ3n) is 4.27. The Morgan fingerprint density at radius 3 is 2.17 bits per heavy atom. The number of hydrogen-bond donors (Lipinski definition) is 2. The SMILES string of the molecule is CCCCNCC(O)Cn1c2ccc(Cl)cc2c2cc(Cl)ccc21. The van der Waals surface area contributed by atoms with Gasteiger partial charge < -0.3 is 15.0 Å². The fraction of sp³-hybridized carbons (Fsp3) is 0.368. The van der Waals surface area contributed by atoms with Crippen LogP contribution >= 0.6 is 23.2 Å². The number of rotatable bonds is 7. The van der Waals surface area contributed by atoms with Crippen molar-refractivity contribution in [2.24, 2.45) is 0 Å². The molecule has 0 radical (unpaired) electrons. The van der Waals surface area contributed by atoms with Crippen LogP contribution in [0.5, 0.6) is 0 Å². The van der Waals surface area contributed by atoms with Gasteiger partial charge in [-0.05, 0) is 49.4 Å². The molecule has 0 fully saturated rings. The fourth-order valence-electron chi connectivity index (χ4n) is 3.09. The van der Waals surface area contributed by atoms with Crippen LogP contribution in [0.15, 0.2) is 36.4 Å². The smallest absolute Gasteiger partial charge is 0.0843 e. The molecule has 0 saturated carbocycles. The molecular weight excluding hydrogens is 343 g/mol. The number of unbranched alkanes of at least 4 members (excludes halogenated alkanes) is 1. The van der Waals surface area contributed by atoms with Crippen molar-refractivity contribution in [3.05, 3.63) is 46.4 Å². The third-order valence-corrected chi connectivity index (χ3v) is 4.74. The molecule has 0 aliphatic rings. The van der Waals surface area contributed by atoms with Crippen LogP contribution in [0, 0.1) is 0 Å². The van der Waals surface area contributed by atoms with Gasteiger partial charge in [0, 0.05) is 38.4 Å². The van der Waals surface area contributed by atoms with Crippen molar-refractivity contribution in [3.63, 3.8) is 0 Å². The maximum atomic E-state index is 10.4. The van der Waals surface area contributed by atoms with Gasteiger partial charge in [-0.15, -0.1) is 0 Å². The molecule has 5 heteroatoms. The standard InChI is InChI=1S/C19H22Cl2N2O/c1-2-3-8-22-11-15(24)12-23-18-6-4-13(20)9-16(18)17-10-14(21)5-7-19(17)23/h4-7,9-10,15,22,24H,2-3,8,11-12H2,1H3. The minimum absolute atomic E-state index is 0.452. The number of nitrogens with one attached hydrogen (secondary N) is 1. The van der Waals surface area contributed by atoms with Crippen LogP contribution < -0.4 is 5.32 Å². The molecule has 24 heavy (non-hydrogen) atoms. The van der Waals surface area contributed by atoms with E-state index in [1.165, 1.54) is 0 Å². The highest BCUT2D eigenvalue weighted by atomic mass is 35.5. The summed E-state index contributed by atoms with van der Waals surface area (Å²) in [5.74, 6) is 0. The Labute approximate surface area is 152 Å². The molecule has 128 valence electrons. The quantitative estimate of drug-likeness (QED) is 0.587. The van der Waals surface area contributed by atoms with Gasteiger partial charge in [0.15, 0.2) is 0 Å². The van der Waals surface area contributed by atoms with Crippen molar-refractivity contribution in [3.8, 4) is 0 Å². The second-order valence-corrected chi connectivity index (χ2v) is 7.02. The normalized spacial score (nSPS) is 13.0. The van der Waals surface area contributed by atoms with E-state index in [2.05, 4.69) is 16.8 Å². The lowest BCUT2D eigenvalue weighted by Crippen LogP contribution is -2.30. The van der Waals surface area contributed by atoms with Gasteiger partial charge in [0.1, 0.15) is 0 Å². The topological polar surface area (TPSA) is 37.2 Å². The minimum atomic E-state index is -0.452. The molecular formula is C19H22Cl2N2O. The summed E-state index contributed by atoms with van der Waals surface area (Å²) in [5, 5.41) is 17.2. The number of aliphatic hydroxyl groups excluding tert-OH is 1. The van der Waals surface area contributed by atoms with E-state index in [1.807, 2.05) is 36.4 Å². The highest BCUT2D eigenvalue weighted by molar-refractivity contribution is 6.33. The second-order valence-electron chi connectivity index (χ2n) is 6.15. The van der Waals surface area contributed by atoms with Crippen LogP contribution in [0.4, 0.5) is 0 Å². The minimum Gasteiger partial charge on any atom is -0.390 e. The van der Waals surface area contributed by atoms with Gasteiger partial charge in [0.2, 0.25) is 0 Å². The van der Waals surface area contributed by atoms with Gasteiger partial charge in [-0.25, -0.2) is 0 Å². The molecule has 2 N–H and O–H groups in total. The van der Waals surface area contributed by atoms with Crippen LogP contribution in [0.1, 0.15) is 19.8 Å². The van der Waals surface area contributed by atoms with E-state index in [0.717, 1.165) is 41.2 Å². The average molecular weight is 365 g/mol. The molecule has 0 bridgehead atoms. The maximum absolute atomic E-state index is 10.4. The number of hydrogen-bond acceptors (Lipinski definition) is 2. The highest BCUT2D eigenvalue weighted by Crippen LogP contribution is 2.32. The second kappa shape index (κ2) is 7.75. The van der Waals surface area contributed by atoms with E-state index in [1.54, 1.807) is 0 Å². The van der Waals surface area contributed by atoms with Gasteiger partial charge in [-0.2, -0.15) is 0 Å². The van der Waals surface area contributed by atoms with Crippen LogP contribution in [0.2, 0.25) is 10.0 Å². The summed E-state index contributed by atoms with van der Waals surface area (Å²) < 4.78 is 2.14. The number of halogens is 2. The monoisotopic (exact) mass is 364 g/mol. The zero-order valence-corrected chi connectivity index (χ0v) is 15.2. The fourth-order valence-corrected chi connectivity index (χ4v) is 3.44. The van der Waals surface area contributed by atoms with Gasteiger partial charge in [0.05, 0.1) is 12.6 Å². The van der Waals surface area contributed by atoms with Gasteiger partial charge in [0.25, 0.3) is 0 Å². The number of aromatic nitrogens is 1. The highest BCUT2D eigenvalue weighted by Gasteiger charge is 2.14. The first kappa shape index (κ1) is 17.6. The first-order valence-corrected chi connectivity index (χ1v) is 9.11. The maximum Gasteiger partial charge on any atom is 0.0843 e. The van der Waals surface area contributed by atoms with Crippen molar-refractivity contribution in [1.82, 2.24) is 9.88 Å². The lowest BCUT2D eigenvalue weighted by atomic mass is 10.1. The Morgan fingerprint density at radius 2 is 1.62 bits per heavy atom. The van der Waals surface area contributed by atoms with Crippen LogP contribution in [-0.2, 0) is 6.54 Å². The molecule has 1 unspecified atom stereocenters. The van der Waals surface area contributed by atoms with E-state index in [9.17, 15) is 5.11 Å². The number of benzene rings is 2. The number of fused-ring (bicyclic) bond motifs is 3. The molecule has 0 aliphatic carbocycles. The lowest BCUT2D eigenvalue weighted by molar-refractivity contribution is 0.154. The predicted molar refractivity (Wildman–Crippen MR) is 103 cm³/mol. The molecule has 0 aliphatic heterocycles. The molecule has 1 aromatic heterocycles. The molecule has 3 rings (SSSR count). The molecule has 1 atom stereocenters. The van der Waals surface area contributed by atoms with Gasteiger partial charge in [-0.1, -0.05) is 36.5 Å². The molecule has 0 amide bonds. The van der Waals surface area contributed by atoms with Crippen molar-refractivity contribution >= 4 is 45.0 Å². The largest absolute Gasteiger partial charge is 0.390 e. The zero-order valence-electron chi connectivity index (χ0n) is 13.7. The summed E-state index contributed by atoms with van der Waals surface area (Å²) >= 11 is 12.3. The summed E-state index contributed by atoms with van der Waals surface area (Å²) in [6, 6.07) is 11.7. The Balaban J connectivity index is 1.93. The van der Waals surface area contributed by atoms with Crippen molar-refractivity contribution < 1.29 is 5.11 Å². The summed E-state index contributed by atoms with van der Waals surface area (Å²) in [5.41, 5.74) is 2.12. The molecule has 2 aromatic carbocycles. The van der Waals surface area contributed by atoms with E-state index < -0.39 is 6.10 Å². The van der Waals surface area contributed by atoms with Crippen molar-refractivity contribution in [2.45, 2.75) is 32.4 Å². The lowest BCUT2D eigenvalue weighted by Gasteiger charge is -2.15. The van der Waals surface area contributed by atoms with Gasteiger partial charge >= 0.3 is 0 Å². The summed E-state index contributed by atoms with van der Waals surface area (Å²) in [4.78, 5) is 0. The summed E-state index contributed by atoms with van der Waals surface area (Å²) in [7, 11) is 0. The Bertz CT molecular complexity index is 785. The molecule has 0 spiro atoms. The molecule has 3 aromatic rings. The summed E-state index contributed by atoms with van der Waals surface area (Å²) in [6.45, 7) is 4.21. The molecule has 1 heterocycles. The van der Waals surface area contributed by atoms with Crippen LogP contribution in [-0.4, -0.2) is 28.9 Å². The predicted octanol–water partition coefficient (Wildman–Crippen LogP) is 4.85. The average Bonchev–Trinajstić information content (AvgIpc) is 2.84. The van der Waals surface area contributed by atoms with Crippen molar-refractivity contribution in [1.29, 1.82) is 0 Å². The van der Waals surface area contributed by atoms with Crippen LogP contribution in [0.25, 0.3) is 21.8 Å². The van der Waals surface area contributed by atoms with Gasteiger partial charge in [-0.3, -0.25) is 0 Å². The van der Waals surface area contributed by atoms with E-state index in [0.29, 0.717) is 23.1 Å². The first-order valence-electron chi connectivity index (χ1n) is 8.36. The Hall–Kier alpha value is -1.26. The number of aliphatic hydroxyl groups is 1. The molecule has 0 saturated heterocycles. The van der Waals surface area contributed by atoms with E-state index >= 15 is 0 Å². The zero-order chi connectivity index (χ0) is 17.1. The van der Waals surface area contributed by atoms with Crippen LogP contribution in [0.3, 0.4) is 0 Å². The first-order chi connectivity index (χ1) is 11.6. The Morgan fingerprint density at radius 1 is 1.04 bits per heavy atom. The van der Waals surface area contributed by atoms with E-state index in [-0.39, 0.29) is 0 Å². The Kier molecular flexibility index (Phi) is 5.67. The third kappa shape index (κ3) is 3.70.